The van der Waals surface area contributed by atoms with Gasteiger partial charge in [-0.25, -0.2) is 0 Å². The Kier molecular flexibility index (Phi) is 5.14. The van der Waals surface area contributed by atoms with E-state index in [2.05, 4.69) is 11.9 Å². The van der Waals surface area contributed by atoms with Crippen molar-refractivity contribution < 1.29 is 14.7 Å². The molecule has 2 N–H and O–H groups in total. The largest absolute Gasteiger partial charge is 0.507 e. The Bertz CT molecular complexity index is 491. The molecule has 0 spiro atoms. The fourth-order valence-corrected chi connectivity index (χ4v) is 1.27. The normalized spacial score (nSPS) is 10.8. The number of benzene rings is 1. The molecule has 0 heterocycles. The summed E-state index contributed by atoms with van der Waals surface area (Å²) in [4.78, 5) is 22.6. The van der Waals surface area contributed by atoms with Gasteiger partial charge in [0.05, 0.1) is 0 Å². The van der Waals surface area contributed by atoms with Crippen LogP contribution in [0.1, 0.15) is 5.56 Å². The first-order valence-electron chi connectivity index (χ1n) is 5.14. The number of nitrogens with one attached hydrogen (secondary N) is 1. The molecule has 4 nitrogen and oxygen atoms in total. The van der Waals surface area contributed by atoms with Crippen LogP contribution in [-0.2, 0) is 9.59 Å². The van der Waals surface area contributed by atoms with Crippen LogP contribution in [0, 0.1) is 0 Å². The number of hydrogen-bond acceptors (Lipinski definition) is 3. The SMILES string of the molecule is C=CCNC(=O)C(=O)/C=C(\O)c1ccc(Cl)cc1. The van der Waals surface area contributed by atoms with Crippen molar-refractivity contribution in [3.8, 4) is 0 Å². The Morgan fingerprint density at radius 1 is 1.33 bits per heavy atom. The summed E-state index contributed by atoms with van der Waals surface area (Å²) in [6, 6.07) is 6.23. The molecular formula is C13H12ClNO3. The number of amides is 1. The Hall–Kier alpha value is -2.07. The monoisotopic (exact) mass is 265 g/mol. The quantitative estimate of drug-likeness (QED) is 0.371. The highest BCUT2D eigenvalue weighted by Gasteiger charge is 2.11. The molecule has 1 aromatic carbocycles. The minimum absolute atomic E-state index is 0.195. The molecule has 1 aromatic rings. The second kappa shape index (κ2) is 6.61. The van der Waals surface area contributed by atoms with Crippen LogP contribution in [0.25, 0.3) is 5.76 Å². The number of carbonyl (C=O) groups excluding carboxylic acids is 2. The number of rotatable bonds is 5. The van der Waals surface area contributed by atoms with Crippen molar-refractivity contribution in [1.29, 1.82) is 0 Å². The van der Waals surface area contributed by atoms with E-state index in [4.69, 9.17) is 11.6 Å². The Morgan fingerprint density at radius 3 is 2.50 bits per heavy atom. The third kappa shape index (κ3) is 4.07. The topological polar surface area (TPSA) is 66.4 Å². The van der Waals surface area contributed by atoms with Crippen LogP contribution in [0.15, 0.2) is 43.0 Å². The predicted molar refractivity (Wildman–Crippen MR) is 70.3 cm³/mol. The van der Waals surface area contributed by atoms with Crippen molar-refractivity contribution in [2.24, 2.45) is 0 Å². The van der Waals surface area contributed by atoms with Crippen molar-refractivity contribution in [1.82, 2.24) is 5.32 Å². The summed E-state index contributed by atoms with van der Waals surface area (Å²) >= 11 is 5.69. The lowest BCUT2D eigenvalue weighted by Gasteiger charge is -2.01. The third-order valence-electron chi connectivity index (χ3n) is 2.04. The van der Waals surface area contributed by atoms with Crippen LogP contribution in [-0.4, -0.2) is 23.3 Å². The average molecular weight is 266 g/mol. The maximum Gasteiger partial charge on any atom is 0.292 e. The summed E-state index contributed by atoms with van der Waals surface area (Å²) in [7, 11) is 0. The zero-order chi connectivity index (χ0) is 13.5. The summed E-state index contributed by atoms with van der Waals surface area (Å²) in [5.74, 6) is -1.91. The lowest BCUT2D eigenvalue weighted by atomic mass is 10.1. The van der Waals surface area contributed by atoms with Crippen molar-refractivity contribution in [2.45, 2.75) is 0 Å². The summed E-state index contributed by atoms with van der Waals surface area (Å²) in [5, 5.41) is 12.5. The van der Waals surface area contributed by atoms with Crippen molar-refractivity contribution >= 4 is 29.1 Å². The summed E-state index contributed by atoms with van der Waals surface area (Å²) in [6.45, 7) is 3.60. The molecule has 0 atom stereocenters. The molecule has 0 fully saturated rings. The highest BCUT2D eigenvalue weighted by atomic mass is 35.5. The third-order valence-corrected chi connectivity index (χ3v) is 2.29. The summed E-state index contributed by atoms with van der Waals surface area (Å²) in [6.07, 6.45) is 2.32. The molecule has 0 radical (unpaired) electrons. The second-order valence-electron chi connectivity index (χ2n) is 3.40. The van der Waals surface area contributed by atoms with Gasteiger partial charge in [-0.15, -0.1) is 6.58 Å². The van der Waals surface area contributed by atoms with Gasteiger partial charge in [-0.3, -0.25) is 9.59 Å². The summed E-state index contributed by atoms with van der Waals surface area (Å²) < 4.78 is 0. The van der Waals surface area contributed by atoms with E-state index in [1.54, 1.807) is 24.3 Å². The van der Waals surface area contributed by atoms with Gasteiger partial charge in [0.15, 0.2) is 0 Å². The molecule has 18 heavy (non-hydrogen) atoms. The summed E-state index contributed by atoms with van der Waals surface area (Å²) in [5.41, 5.74) is 0.407. The van der Waals surface area contributed by atoms with Crippen LogP contribution < -0.4 is 5.32 Å². The highest BCUT2D eigenvalue weighted by molar-refractivity contribution is 6.41. The van der Waals surface area contributed by atoms with Gasteiger partial charge >= 0.3 is 0 Å². The molecule has 1 rings (SSSR count). The molecule has 0 saturated carbocycles. The minimum Gasteiger partial charge on any atom is -0.507 e. The van der Waals surface area contributed by atoms with Crippen molar-refractivity contribution in [2.75, 3.05) is 6.54 Å². The fraction of sp³-hybridized carbons (Fsp3) is 0.0769. The van der Waals surface area contributed by atoms with Crippen molar-refractivity contribution in [3.63, 3.8) is 0 Å². The lowest BCUT2D eigenvalue weighted by molar-refractivity contribution is -0.135. The lowest BCUT2D eigenvalue weighted by Crippen LogP contribution is -2.29. The standard InChI is InChI=1S/C13H12ClNO3/c1-2-7-15-13(18)12(17)8-11(16)9-3-5-10(14)6-4-9/h2-6,8,16H,1,7H2,(H,15,18)/b11-8-. The van der Waals surface area contributed by atoms with Gasteiger partial charge in [0.25, 0.3) is 5.91 Å². The van der Waals surface area contributed by atoms with E-state index < -0.39 is 11.7 Å². The maximum atomic E-state index is 11.4. The molecule has 0 aliphatic rings. The molecule has 5 heteroatoms. The average Bonchev–Trinajstić information content (AvgIpc) is 2.36. The number of ketones is 1. The van der Waals surface area contributed by atoms with Crippen LogP contribution >= 0.6 is 11.6 Å². The molecule has 0 aliphatic heterocycles. The van der Waals surface area contributed by atoms with Crippen LogP contribution in [0.4, 0.5) is 0 Å². The molecule has 0 bridgehead atoms. The molecule has 0 aromatic heterocycles. The van der Waals surface area contributed by atoms with Gasteiger partial charge in [0.1, 0.15) is 5.76 Å². The first-order valence-corrected chi connectivity index (χ1v) is 5.52. The van der Waals surface area contributed by atoms with E-state index in [-0.39, 0.29) is 12.3 Å². The molecule has 0 saturated heterocycles. The van der Waals surface area contributed by atoms with Gasteiger partial charge < -0.3 is 10.4 Å². The molecular weight excluding hydrogens is 254 g/mol. The molecule has 1 amide bonds. The van der Waals surface area contributed by atoms with Gasteiger partial charge in [0.2, 0.25) is 5.78 Å². The number of carbonyl (C=O) groups is 2. The van der Waals surface area contributed by atoms with Gasteiger partial charge in [-0.2, -0.15) is 0 Å². The first kappa shape index (κ1) is 14.0. The fourth-order valence-electron chi connectivity index (χ4n) is 1.15. The number of hydrogen-bond donors (Lipinski definition) is 2. The van der Waals surface area contributed by atoms with Crippen molar-refractivity contribution in [3.05, 3.63) is 53.6 Å². The number of halogens is 1. The van der Waals surface area contributed by atoms with Crippen LogP contribution in [0.3, 0.4) is 0 Å². The predicted octanol–water partition coefficient (Wildman–Crippen LogP) is 2.11. The van der Waals surface area contributed by atoms with E-state index >= 15 is 0 Å². The highest BCUT2D eigenvalue weighted by Crippen LogP contribution is 2.15. The Balaban J connectivity index is 2.76. The maximum absolute atomic E-state index is 11.4. The molecule has 0 aliphatic carbocycles. The van der Waals surface area contributed by atoms with Gasteiger partial charge in [-0.1, -0.05) is 17.7 Å². The van der Waals surface area contributed by atoms with E-state index in [1.165, 1.54) is 6.08 Å². The Morgan fingerprint density at radius 2 is 1.94 bits per heavy atom. The zero-order valence-corrected chi connectivity index (χ0v) is 10.3. The molecule has 0 unspecified atom stereocenters. The van der Waals surface area contributed by atoms with E-state index in [9.17, 15) is 14.7 Å². The first-order chi connectivity index (χ1) is 8.54. The Labute approximate surface area is 110 Å². The number of aliphatic hydroxyl groups excluding tert-OH is 1. The second-order valence-corrected chi connectivity index (χ2v) is 3.84. The van der Waals surface area contributed by atoms with E-state index in [0.29, 0.717) is 10.6 Å². The minimum atomic E-state index is -0.829. The van der Waals surface area contributed by atoms with Crippen LogP contribution in [0.2, 0.25) is 5.02 Å². The van der Waals surface area contributed by atoms with E-state index in [1.807, 2.05) is 0 Å². The van der Waals surface area contributed by atoms with Gasteiger partial charge in [-0.05, 0) is 24.3 Å². The smallest absolute Gasteiger partial charge is 0.292 e. The van der Waals surface area contributed by atoms with Crippen LogP contribution in [0.5, 0.6) is 0 Å². The number of aliphatic hydroxyl groups is 1. The molecule has 94 valence electrons. The van der Waals surface area contributed by atoms with Gasteiger partial charge in [0, 0.05) is 23.2 Å². The van der Waals surface area contributed by atoms with E-state index in [0.717, 1.165) is 6.08 Å². The zero-order valence-electron chi connectivity index (χ0n) is 9.52.